The molecule has 4 aromatic rings. The molecule has 4 rings (SSSR count). The number of aromatic nitrogens is 4. The van der Waals surface area contributed by atoms with Gasteiger partial charge in [0.15, 0.2) is 10.9 Å². The Balaban J connectivity index is 1.57. The predicted octanol–water partition coefficient (Wildman–Crippen LogP) is 3.70. The Bertz CT molecular complexity index is 1340. The molecular weight excluding hydrogens is 434 g/mol. The van der Waals surface area contributed by atoms with Crippen LogP contribution < -0.4 is 10.9 Å². The number of fused-ring (bicyclic) bond motifs is 3. The number of hydrogen-bond acceptors (Lipinski definition) is 7. The van der Waals surface area contributed by atoms with Crippen molar-refractivity contribution in [3.05, 3.63) is 51.6 Å². The van der Waals surface area contributed by atoms with E-state index >= 15 is 0 Å². The molecule has 8 nitrogen and oxygen atoms in total. The molecule has 3 heterocycles. The maximum absolute atomic E-state index is 12.9. The van der Waals surface area contributed by atoms with Crippen molar-refractivity contribution in [1.82, 2.24) is 19.2 Å². The first kappa shape index (κ1) is 21.3. The molecule has 0 bridgehead atoms. The van der Waals surface area contributed by atoms with Crippen LogP contribution in [0.3, 0.4) is 0 Å². The summed E-state index contributed by atoms with van der Waals surface area (Å²) in [5, 5.41) is 13.7. The second-order valence-corrected chi connectivity index (χ2v) is 9.39. The van der Waals surface area contributed by atoms with E-state index in [4.69, 9.17) is 0 Å². The maximum Gasteiger partial charge on any atom is 0.272 e. The monoisotopic (exact) mass is 455 g/mol. The summed E-state index contributed by atoms with van der Waals surface area (Å²) < 4.78 is 4.14. The van der Waals surface area contributed by atoms with Gasteiger partial charge in [0.05, 0.1) is 11.3 Å². The van der Waals surface area contributed by atoms with Gasteiger partial charge >= 0.3 is 0 Å². The quantitative estimate of drug-likeness (QED) is 0.337. The van der Waals surface area contributed by atoms with Crippen molar-refractivity contribution in [2.24, 2.45) is 5.92 Å². The summed E-state index contributed by atoms with van der Waals surface area (Å²) in [4.78, 5) is 36.7. The van der Waals surface area contributed by atoms with Gasteiger partial charge in [0.1, 0.15) is 4.70 Å². The zero-order chi connectivity index (χ0) is 22.1. The minimum Gasteiger partial charge on any atom is -0.325 e. The van der Waals surface area contributed by atoms with E-state index in [9.17, 15) is 14.4 Å². The average molecular weight is 456 g/mol. The van der Waals surface area contributed by atoms with Crippen LogP contribution in [0.1, 0.15) is 31.1 Å². The number of carbonyl (C=O) groups is 2. The van der Waals surface area contributed by atoms with Gasteiger partial charge in [0.2, 0.25) is 11.7 Å². The van der Waals surface area contributed by atoms with Gasteiger partial charge < -0.3 is 5.32 Å². The first-order chi connectivity index (χ1) is 14.8. The van der Waals surface area contributed by atoms with Gasteiger partial charge in [-0.05, 0) is 48.6 Å². The number of thioether (sulfide) groups is 1. The highest BCUT2D eigenvalue weighted by molar-refractivity contribution is 7.99. The molecule has 0 aliphatic rings. The Kier molecular flexibility index (Phi) is 5.92. The summed E-state index contributed by atoms with van der Waals surface area (Å²) in [6, 6.07) is 8.63. The largest absolute Gasteiger partial charge is 0.325 e. The van der Waals surface area contributed by atoms with Gasteiger partial charge in [-0.2, -0.15) is 0 Å². The van der Waals surface area contributed by atoms with Crippen molar-refractivity contribution in [3.8, 4) is 0 Å². The van der Waals surface area contributed by atoms with E-state index in [1.165, 1.54) is 30.0 Å². The van der Waals surface area contributed by atoms with Gasteiger partial charge in [0.25, 0.3) is 5.56 Å². The van der Waals surface area contributed by atoms with Gasteiger partial charge in [-0.1, -0.05) is 25.6 Å². The zero-order valence-corrected chi connectivity index (χ0v) is 18.9. The molecule has 10 heteroatoms. The summed E-state index contributed by atoms with van der Waals surface area (Å²) in [6.07, 6.45) is 0. The van der Waals surface area contributed by atoms with E-state index in [1.54, 1.807) is 28.8 Å². The van der Waals surface area contributed by atoms with Crippen LogP contribution in [-0.2, 0) is 11.3 Å². The number of rotatable bonds is 7. The van der Waals surface area contributed by atoms with Crippen molar-refractivity contribution in [3.63, 3.8) is 0 Å². The SMILES string of the molecule is CC(=O)c1ccc(NC(=O)CSc2nnc3n(CC(C)C)c(=O)c4sccc4n23)cc1. The first-order valence-electron chi connectivity index (χ1n) is 9.74. The van der Waals surface area contributed by atoms with E-state index < -0.39 is 0 Å². The van der Waals surface area contributed by atoms with Crippen LogP contribution >= 0.6 is 23.1 Å². The topological polar surface area (TPSA) is 98.4 Å². The number of nitrogens with zero attached hydrogens (tertiary/aromatic N) is 4. The van der Waals surface area contributed by atoms with Gasteiger partial charge in [-0.15, -0.1) is 21.5 Å². The third-order valence-electron chi connectivity index (χ3n) is 4.64. The van der Waals surface area contributed by atoms with Crippen molar-refractivity contribution in [2.45, 2.75) is 32.5 Å². The van der Waals surface area contributed by atoms with Crippen molar-refractivity contribution in [2.75, 3.05) is 11.1 Å². The van der Waals surface area contributed by atoms with Gasteiger partial charge in [-0.25, -0.2) is 0 Å². The highest BCUT2D eigenvalue weighted by Gasteiger charge is 2.19. The van der Waals surface area contributed by atoms with Crippen LogP contribution in [0.25, 0.3) is 16.0 Å². The van der Waals surface area contributed by atoms with Crippen LogP contribution in [0, 0.1) is 5.92 Å². The van der Waals surface area contributed by atoms with Crippen LogP contribution in [0.15, 0.2) is 45.7 Å². The Labute approximate surface area is 186 Å². The molecular formula is C21H21N5O3S2. The highest BCUT2D eigenvalue weighted by atomic mass is 32.2. The van der Waals surface area contributed by atoms with Gasteiger partial charge in [-0.3, -0.25) is 23.4 Å². The Hall–Kier alpha value is -2.98. The lowest BCUT2D eigenvalue weighted by Crippen LogP contribution is -2.24. The molecule has 0 aliphatic heterocycles. The summed E-state index contributed by atoms with van der Waals surface area (Å²) in [5.41, 5.74) is 1.89. The van der Waals surface area contributed by atoms with Crippen LogP contribution in [0.4, 0.5) is 5.69 Å². The van der Waals surface area contributed by atoms with Crippen LogP contribution in [0.5, 0.6) is 0 Å². The van der Waals surface area contributed by atoms with Crippen LogP contribution in [-0.4, -0.2) is 36.6 Å². The summed E-state index contributed by atoms with van der Waals surface area (Å²) >= 11 is 2.65. The first-order valence-corrected chi connectivity index (χ1v) is 11.6. The highest BCUT2D eigenvalue weighted by Crippen LogP contribution is 2.25. The van der Waals surface area contributed by atoms with Crippen LogP contribution in [0.2, 0.25) is 0 Å². The molecule has 0 fully saturated rings. The molecule has 1 amide bonds. The Morgan fingerprint density at radius 3 is 2.58 bits per heavy atom. The molecule has 0 spiro atoms. The zero-order valence-electron chi connectivity index (χ0n) is 17.3. The average Bonchev–Trinajstić information content (AvgIpc) is 3.36. The van der Waals surface area contributed by atoms with E-state index in [0.717, 1.165) is 5.52 Å². The van der Waals surface area contributed by atoms with E-state index in [2.05, 4.69) is 15.5 Å². The van der Waals surface area contributed by atoms with Crippen molar-refractivity contribution < 1.29 is 9.59 Å². The van der Waals surface area contributed by atoms with Crippen molar-refractivity contribution >= 4 is 56.5 Å². The number of anilines is 1. The minimum atomic E-state index is -0.200. The fourth-order valence-electron chi connectivity index (χ4n) is 3.24. The molecule has 0 atom stereocenters. The summed E-state index contributed by atoms with van der Waals surface area (Å²) in [7, 11) is 0. The molecule has 0 unspecified atom stereocenters. The molecule has 1 aromatic carbocycles. The summed E-state index contributed by atoms with van der Waals surface area (Å²) in [5.74, 6) is 0.654. The minimum absolute atomic E-state index is 0.0252. The number of benzene rings is 1. The molecule has 160 valence electrons. The fraction of sp³-hybridized carbons (Fsp3) is 0.286. The predicted molar refractivity (Wildman–Crippen MR) is 123 cm³/mol. The molecule has 31 heavy (non-hydrogen) atoms. The number of Topliss-reactive ketones (excluding diaryl/α,β-unsaturated/α-hetero) is 1. The molecule has 0 saturated carbocycles. The maximum atomic E-state index is 12.9. The number of hydrogen-bond donors (Lipinski definition) is 1. The summed E-state index contributed by atoms with van der Waals surface area (Å²) in [6.45, 7) is 6.12. The number of amides is 1. The fourth-order valence-corrected chi connectivity index (χ4v) is 4.80. The molecule has 0 aliphatic carbocycles. The second kappa shape index (κ2) is 8.64. The standard InChI is InChI=1S/C21H21N5O3S2/c1-12(2)10-25-19(29)18-16(8-9-30-18)26-20(25)23-24-21(26)31-11-17(28)22-15-6-4-14(5-7-15)13(3)27/h4-9,12H,10-11H2,1-3H3,(H,22,28). The lowest BCUT2D eigenvalue weighted by atomic mass is 10.1. The number of ketones is 1. The number of carbonyl (C=O) groups excluding carboxylic acids is 2. The number of nitrogens with one attached hydrogen (secondary N) is 1. The van der Waals surface area contributed by atoms with E-state index in [-0.39, 0.29) is 28.9 Å². The normalized spacial score (nSPS) is 11.5. The smallest absolute Gasteiger partial charge is 0.272 e. The van der Waals surface area contributed by atoms with E-state index in [1.807, 2.05) is 29.7 Å². The Morgan fingerprint density at radius 2 is 1.90 bits per heavy atom. The van der Waals surface area contributed by atoms with E-state index in [0.29, 0.717) is 33.4 Å². The third kappa shape index (κ3) is 4.26. The second-order valence-electron chi connectivity index (χ2n) is 7.53. The molecule has 1 N–H and O–H groups in total. The lowest BCUT2D eigenvalue weighted by Gasteiger charge is -2.11. The third-order valence-corrected chi connectivity index (χ3v) is 6.46. The Morgan fingerprint density at radius 1 is 1.16 bits per heavy atom. The van der Waals surface area contributed by atoms with Gasteiger partial charge in [0, 0.05) is 17.8 Å². The molecule has 0 radical (unpaired) electrons. The number of thiophene rings is 1. The molecule has 0 saturated heterocycles. The lowest BCUT2D eigenvalue weighted by molar-refractivity contribution is -0.113. The van der Waals surface area contributed by atoms with Crippen molar-refractivity contribution in [1.29, 1.82) is 0 Å². The molecule has 3 aromatic heterocycles.